The molecule has 1 unspecified atom stereocenters. The first-order chi connectivity index (χ1) is 9.13. The van der Waals surface area contributed by atoms with Crippen LogP contribution in [0.15, 0.2) is 36.9 Å². The van der Waals surface area contributed by atoms with Gasteiger partial charge in [0.05, 0.1) is 6.10 Å². The lowest BCUT2D eigenvalue weighted by Gasteiger charge is -2.15. The van der Waals surface area contributed by atoms with E-state index < -0.39 is 0 Å². The van der Waals surface area contributed by atoms with Gasteiger partial charge >= 0.3 is 0 Å². The molecule has 3 heteroatoms. The molecule has 106 valence electrons. The minimum absolute atomic E-state index is 0.225. The molecule has 0 aliphatic carbocycles. The number of rotatable bonds is 9. The van der Waals surface area contributed by atoms with E-state index in [1.165, 1.54) is 5.56 Å². The van der Waals surface area contributed by atoms with Crippen molar-refractivity contribution in [2.24, 2.45) is 0 Å². The van der Waals surface area contributed by atoms with Crippen LogP contribution in [0.25, 0.3) is 0 Å². The Kier molecular flexibility index (Phi) is 7.68. The Balaban J connectivity index is 2.35. The predicted molar refractivity (Wildman–Crippen MR) is 86.1 cm³/mol. The van der Waals surface area contributed by atoms with Gasteiger partial charge in [-0.2, -0.15) is 11.8 Å². The van der Waals surface area contributed by atoms with Gasteiger partial charge in [0, 0.05) is 24.1 Å². The molecule has 0 amide bonds. The smallest absolute Gasteiger partial charge is 0.119 e. The summed E-state index contributed by atoms with van der Waals surface area (Å²) in [4.78, 5) is 0. The van der Waals surface area contributed by atoms with Crippen LogP contribution >= 0.6 is 11.8 Å². The molecule has 1 aromatic rings. The first kappa shape index (κ1) is 16.1. The van der Waals surface area contributed by atoms with Crippen LogP contribution in [0.5, 0.6) is 5.75 Å². The molecule has 0 fully saturated rings. The van der Waals surface area contributed by atoms with Crippen molar-refractivity contribution in [3.63, 3.8) is 0 Å². The van der Waals surface area contributed by atoms with Crippen LogP contribution in [-0.2, 0) is 0 Å². The van der Waals surface area contributed by atoms with Gasteiger partial charge in [-0.15, -0.1) is 6.58 Å². The van der Waals surface area contributed by atoms with Gasteiger partial charge in [-0.1, -0.05) is 18.2 Å². The largest absolute Gasteiger partial charge is 0.491 e. The third-order valence-corrected chi connectivity index (χ3v) is 3.65. The highest BCUT2D eigenvalue weighted by atomic mass is 32.2. The third-order valence-electron chi connectivity index (χ3n) is 2.68. The fourth-order valence-corrected chi connectivity index (χ4v) is 2.33. The van der Waals surface area contributed by atoms with Crippen LogP contribution in [-0.4, -0.2) is 24.2 Å². The topological polar surface area (TPSA) is 21.3 Å². The summed E-state index contributed by atoms with van der Waals surface area (Å²) in [5, 5.41) is 3.52. The van der Waals surface area contributed by atoms with Crippen molar-refractivity contribution in [3.8, 4) is 5.75 Å². The normalized spacial score (nSPS) is 12.4. The summed E-state index contributed by atoms with van der Waals surface area (Å²) < 4.78 is 5.64. The molecule has 1 aromatic carbocycles. The summed E-state index contributed by atoms with van der Waals surface area (Å²) in [6, 6.07) is 8.72. The Morgan fingerprint density at radius 2 is 1.95 bits per heavy atom. The molecule has 0 aliphatic heterocycles. The van der Waals surface area contributed by atoms with Gasteiger partial charge in [0.25, 0.3) is 0 Å². The Morgan fingerprint density at radius 3 is 2.53 bits per heavy atom. The molecule has 1 rings (SSSR count). The average molecular weight is 279 g/mol. The van der Waals surface area contributed by atoms with Gasteiger partial charge in [-0.3, -0.25) is 0 Å². The second-order valence-corrected chi connectivity index (χ2v) is 5.92. The fourth-order valence-electron chi connectivity index (χ4n) is 1.74. The van der Waals surface area contributed by atoms with Gasteiger partial charge < -0.3 is 10.1 Å². The number of nitrogens with one attached hydrogen (secondary N) is 1. The molecule has 0 saturated carbocycles. The molecule has 1 atom stereocenters. The van der Waals surface area contributed by atoms with E-state index in [2.05, 4.69) is 31.0 Å². The molecule has 0 bridgehead atoms. The minimum atomic E-state index is 0.225. The fraction of sp³-hybridized carbons (Fsp3) is 0.500. The number of thioether (sulfide) groups is 1. The minimum Gasteiger partial charge on any atom is -0.491 e. The van der Waals surface area contributed by atoms with Crippen molar-refractivity contribution in [3.05, 3.63) is 42.5 Å². The van der Waals surface area contributed by atoms with Crippen molar-refractivity contribution in [2.45, 2.75) is 32.9 Å². The zero-order valence-corrected chi connectivity index (χ0v) is 13.0. The first-order valence-corrected chi connectivity index (χ1v) is 7.97. The second-order valence-electron chi connectivity index (χ2n) is 4.78. The molecular formula is C16H25NOS. The number of hydrogen-bond acceptors (Lipinski definition) is 3. The van der Waals surface area contributed by atoms with E-state index in [1.54, 1.807) is 0 Å². The van der Waals surface area contributed by atoms with Crippen molar-refractivity contribution in [1.82, 2.24) is 5.32 Å². The summed E-state index contributed by atoms with van der Waals surface area (Å²) in [5.41, 5.74) is 1.30. The van der Waals surface area contributed by atoms with Crippen LogP contribution in [0, 0.1) is 0 Å². The summed E-state index contributed by atoms with van der Waals surface area (Å²) in [6.07, 6.45) is 2.17. The standard InChI is InChI=1S/C16H25NOS/c1-5-11-19-12-10-17-14(4)15-6-8-16(9-7-15)18-13(2)3/h5-9,13-14,17H,1,10-12H2,2-4H3. The predicted octanol–water partition coefficient (Wildman–Crippen LogP) is 4.04. The van der Waals surface area contributed by atoms with Gasteiger partial charge in [-0.05, 0) is 38.5 Å². The van der Waals surface area contributed by atoms with E-state index in [0.29, 0.717) is 6.04 Å². The molecule has 0 heterocycles. The zero-order valence-electron chi connectivity index (χ0n) is 12.2. The maximum Gasteiger partial charge on any atom is 0.119 e. The highest BCUT2D eigenvalue weighted by Gasteiger charge is 2.05. The Labute approximate surface area is 121 Å². The maximum absolute atomic E-state index is 5.64. The Morgan fingerprint density at radius 1 is 1.26 bits per heavy atom. The van der Waals surface area contributed by atoms with Crippen LogP contribution in [0.4, 0.5) is 0 Å². The van der Waals surface area contributed by atoms with Crippen LogP contribution in [0.2, 0.25) is 0 Å². The molecule has 1 N–H and O–H groups in total. The molecular weight excluding hydrogens is 254 g/mol. The summed E-state index contributed by atoms with van der Waals surface area (Å²) >= 11 is 1.90. The lowest BCUT2D eigenvalue weighted by Crippen LogP contribution is -2.21. The number of hydrogen-bond donors (Lipinski definition) is 1. The van der Waals surface area contributed by atoms with Crippen molar-refractivity contribution >= 4 is 11.8 Å². The highest BCUT2D eigenvalue weighted by Crippen LogP contribution is 2.18. The number of ether oxygens (including phenoxy) is 1. The maximum atomic E-state index is 5.64. The lowest BCUT2D eigenvalue weighted by atomic mass is 10.1. The van der Waals surface area contributed by atoms with E-state index in [-0.39, 0.29) is 6.10 Å². The summed E-state index contributed by atoms with van der Waals surface area (Å²) in [6.45, 7) is 11.0. The van der Waals surface area contributed by atoms with Gasteiger partial charge in [0.2, 0.25) is 0 Å². The van der Waals surface area contributed by atoms with Crippen LogP contribution in [0.3, 0.4) is 0 Å². The molecule has 2 nitrogen and oxygen atoms in total. The van der Waals surface area contributed by atoms with Gasteiger partial charge in [0.1, 0.15) is 5.75 Å². The Bertz CT molecular complexity index is 362. The third kappa shape index (κ3) is 6.69. The van der Waals surface area contributed by atoms with Gasteiger partial charge in [0.15, 0.2) is 0 Å². The van der Waals surface area contributed by atoms with Crippen LogP contribution in [0.1, 0.15) is 32.4 Å². The molecule has 0 aliphatic rings. The van der Waals surface area contributed by atoms with Crippen molar-refractivity contribution in [2.75, 3.05) is 18.1 Å². The zero-order chi connectivity index (χ0) is 14.1. The van der Waals surface area contributed by atoms with E-state index in [9.17, 15) is 0 Å². The SMILES string of the molecule is C=CCSCCNC(C)c1ccc(OC(C)C)cc1. The van der Waals surface area contributed by atoms with Crippen molar-refractivity contribution < 1.29 is 4.74 Å². The van der Waals surface area contributed by atoms with Crippen molar-refractivity contribution in [1.29, 1.82) is 0 Å². The molecule has 0 aromatic heterocycles. The summed E-state index contributed by atoms with van der Waals surface area (Å²) in [5.74, 6) is 3.08. The average Bonchev–Trinajstić information content (AvgIpc) is 2.38. The number of benzene rings is 1. The molecule has 0 spiro atoms. The monoisotopic (exact) mass is 279 g/mol. The Hall–Kier alpha value is -0.930. The van der Waals surface area contributed by atoms with E-state index in [1.807, 2.05) is 43.8 Å². The second kappa shape index (κ2) is 9.05. The summed E-state index contributed by atoms with van der Waals surface area (Å²) in [7, 11) is 0. The van der Waals surface area contributed by atoms with E-state index in [0.717, 1.165) is 23.8 Å². The van der Waals surface area contributed by atoms with E-state index >= 15 is 0 Å². The highest BCUT2D eigenvalue weighted by molar-refractivity contribution is 7.99. The molecule has 19 heavy (non-hydrogen) atoms. The quantitative estimate of drug-likeness (QED) is 0.544. The van der Waals surface area contributed by atoms with Gasteiger partial charge in [-0.25, -0.2) is 0 Å². The van der Waals surface area contributed by atoms with E-state index in [4.69, 9.17) is 4.74 Å². The molecule has 0 saturated heterocycles. The first-order valence-electron chi connectivity index (χ1n) is 6.82. The lowest BCUT2D eigenvalue weighted by molar-refractivity contribution is 0.242. The van der Waals surface area contributed by atoms with Crippen LogP contribution < -0.4 is 10.1 Å². The molecule has 0 radical (unpaired) electrons.